The molecule has 0 spiro atoms. The van der Waals surface area contributed by atoms with Crippen molar-refractivity contribution >= 4 is 0 Å². The number of ether oxygens (including phenoxy) is 1. The lowest BCUT2D eigenvalue weighted by Gasteiger charge is -2.31. The summed E-state index contributed by atoms with van der Waals surface area (Å²) in [5, 5.41) is 19.7. The molecule has 2 N–H and O–H groups in total. The Kier molecular flexibility index (Phi) is 7.39. The van der Waals surface area contributed by atoms with Crippen LogP contribution in [-0.4, -0.2) is 79.1 Å². The smallest absolute Gasteiger partial charge is 0.123 e. The highest BCUT2D eigenvalue weighted by molar-refractivity contribution is 5.28. The molecule has 1 aromatic carbocycles. The first-order chi connectivity index (χ1) is 11.1. The molecule has 1 aromatic rings. The summed E-state index contributed by atoms with van der Waals surface area (Å²) in [6.45, 7) is 7.83. The van der Waals surface area contributed by atoms with Crippen LogP contribution in [0, 0.1) is 12.7 Å². The Labute approximate surface area is 137 Å². The van der Waals surface area contributed by atoms with E-state index in [0.717, 1.165) is 50.5 Å². The fourth-order valence-electron chi connectivity index (χ4n) is 2.90. The molecule has 23 heavy (non-hydrogen) atoms. The molecule has 0 radical (unpaired) electrons. The number of morpholine rings is 1. The Morgan fingerprint density at radius 3 is 2.70 bits per heavy atom. The van der Waals surface area contributed by atoms with Crippen molar-refractivity contribution in [2.75, 3.05) is 59.1 Å². The van der Waals surface area contributed by atoms with E-state index in [2.05, 4.69) is 4.90 Å². The molecule has 130 valence electrons. The fourth-order valence-corrected chi connectivity index (χ4v) is 2.90. The largest absolute Gasteiger partial charge is 0.395 e. The van der Waals surface area contributed by atoms with Gasteiger partial charge in [-0.2, -0.15) is 0 Å². The van der Waals surface area contributed by atoms with E-state index in [0.29, 0.717) is 13.1 Å². The maximum atomic E-state index is 13.2. The third-order valence-electron chi connectivity index (χ3n) is 4.27. The normalized spacial score (nSPS) is 17.6. The number of benzene rings is 1. The van der Waals surface area contributed by atoms with Gasteiger partial charge < -0.3 is 14.9 Å². The minimum Gasteiger partial charge on any atom is -0.395 e. The first kappa shape index (κ1) is 18.3. The molecule has 1 unspecified atom stereocenters. The van der Waals surface area contributed by atoms with Crippen molar-refractivity contribution in [3.05, 3.63) is 35.1 Å². The summed E-state index contributed by atoms with van der Waals surface area (Å²) in [4.78, 5) is 4.37. The molecular formula is C17H27FN2O3. The fraction of sp³-hybridized carbons (Fsp3) is 0.647. The predicted molar refractivity (Wildman–Crippen MR) is 86.9 cm³/mol. The number of aryl methyl sites for hydroxylation is 1. The molecule has 0 aliphatic carbocycles. The number of nitrogens with zero attached hydrogens (tertiary/aromatic N) is 2. The molecule has 1 aliphatic heterocycles. The van der Waals surface area contributed by atoms with Gasteiger partial charge in [-0.3, -0.25) is 9.80 Å². The molecule has 1 fully saturated rings. The minimum atomic E-state index is -0.688. The van der Waals surface area contributed by atoms with Gasteiger partial charge in [-0.05, 0) is 30.2 Å². The van der Waals surface area contributed by atoms with E-state index in [1.54, 1.807) is 13.0 Å². The van der Waals surface area contributed by atoms with Gasteiger partial charge in [0.25, 0.3) is 0 Å². The first-order valence-corrected chi connectivity index (χ1v) is 8.17. The van der Waals surface area contributed by atoms with Crippen LogP contribution in [0.15, 0.2) is 18.2 Å². The molecule has 0 saturated carbocycles. The second-order valence-electron chi connectivity index (χ2n) is 5.99. The van der Waals surface area contributed by atoms with Crippen molar-refractivity contribution in [1.82, 2.24) is 9.80 Å². The van der Waals surface area contributed by atoms with Crippen molar-refractivity contribution in [2.45, 2.75) is 13.0 Å². The van der Waals surface area contributed by atoms with Crippen molar-refractivity contribution in [3.63, 3.8) is 0 Å². The van der Waals surface area contributed by atoms with Crippen LogP contribution < -0.4 is 0 Å². The molecule has 0 amide bonds. The van der Waals surface area contributed by atoms with Crippen LogP contribution >= 0.6 is 0 Å². The summed E-state index contributed by atoms with van der Waals surface area (Å²) >= 11 is 0. The molecule has 5 nitrogen and oxygen atoms in total. The Morgan fingerprint density at radius 1 is 1.30 bits per heavy atom. The zero-order valence-electron chi connectivity index (χ0n) is 13.7. The molecule has 0 aromatic heterocycles. The predicted octanol–water partition coefficient (Wildman–Crippen LogP) is 0.794. The van der Waals surface area contributed by atoms with Gasteiger partial charge in [-0.1, -0.05) is 6.07 Å². The van der Waals surface area contributed by atoms with Gasteiger partial charge >= 0.3 is 0 Å². The highest BCUT2D eigenvalue weighted by Crippen LogP contribution is 2.19. The molecule has 1 atom stereocenters. The van der Waals surface area contributed by atoms with Crippen LogP contribution in [0.4, 0.5) is 4.39 Å². The van der Waals surface area contributed by atoms with Gasteiger partial charge in [-0.15, -0.1) is 0 Å². The Hall–Kier alpha value is -1.05. The van der Waals surface area contributed by atoms with E-state index in [1.165, 1.54) is 12.1 Å². The van der Waals surface area contributed by atoms with Gasteiger partial charge in [0.15, 0.2) is 0 Å². The highest BCUT2D eigenvalue weighted by atomic mass is 19.1. The summed E-state index contributed by atoms with van der Waals surface area (Å²) in [7, 11) is 0. The van der Waals surface area contributed by atoms with Crippen molar-refractivity contribution in [3.8, 4) is 0 Å². The number of aliphatic hydroxyl groups is 2. The van der Waals surface area contributed by atoms with Crippen LogP contribution in [0.5, 0.6) is 0 Å². The summed E-state index contributed by atoms with van der Waals surface area (Å²) in [6.07, 6.45) is -0.688. The third kappa shape index (κ3) is 5.82. The Balaban J connectivity index is 1.89. The van der Waals surface area contributed by atoms with Gasteiger partial charge in [0.2, 0.25) is 0 Å². The van der Waals surface area contributed by atoms with Crippen LogP contribution in [0.3, 0.4) is 0 Å². The van der Waals surface area contributed by atoms with E-state index in [4.69, 9.17) is 4.74 Å². The maximum Gasteiger partial charge on any atom is 0.123 e. The molecule has 0 bridgehead atoms. The van der Waals surface area contributed by atoms with Crippen LogP contribution in [0.1, 0.15) is 17.2 Å². The lowest BCUT2D eigenvalue weighted by Crippen LogP contribution is -2.43. The summed E-state index contributed by atoms with van der Waals surface area (Å²) < 4.78 is 18.5. The van der Waals surface area contributed by atoms with Gasteiger partial charge in [-0.25, -0.2) is 4.39 Å². The Morgan fingerprint density at radius 2 is 2.04 bits per heavy atom. The number of halogens is 1. The van der Waals surface area contributed by atoms with Crippen molar-refractivity contribution < 1.29 is 19.3 Å². The third-order valence-corrected chi connectivity index (χ3v) is 4.27. The van der Waals surface area contributed by atoms with E-state index >= 15 is 0 Å². The molecule has 2 rings (SSSR count). The summed E-state index contributed by atoms with van der Waals surface area (Å²) in [5.41, 5.74) is 1.48. The second-order valence-corrected chi connectivity index (χ2v) is 5.99. The van der Waals surface area contributed by atoms with Crippen LogP contribution in [0.2, 0.25) is 0 Å². The van der Waals surface area contributed by atoms with Crippen molar-refractivity contribution in [1.29, 1.82) is 0 Å². The zero-order chi connectivity index (χ0) is 16.7. The van der Waals surface area contributed by atoms with Gasteiger partial charge in [0.1, 0.15) is 5.82 Å². The van der Waals surface area contributed by atoms with Crippen LogP contribution in [-0.2, 0) is 4.74 Å². The Bertz CT molecular complexity index is 481. The number of aliphatic hydroxyl groups excluding tert-OH is 2. The van der Waals surface area contributed by atoms with E-state index in [9.17, 15) is 14.6 Å². The maximum absolute atomic E-state index is 13.2. The highest BCUT2D eigenvalue weighted by Gasteiger charge is 2.17. The van der Waals surface area contributed by atoms with Crippen LogP contribution in [0.25, 0.3) is 0 Å². The molecular weight excluding hydrogens is 299 g/mol. The number of rotatable bonds is 8. The molecule has 1 aliphatic rings. The van der Waals surface area contributed by atoms with E-state index < -0.39 is 6.10 Å². The van der Waals surface area contributed by atoms with Gasteiger partial charge in [0.05, 0.1) is 25.9 Å². The summed E-state index contributed by atoms with van der Waals surface area (Å²) in [5.74, 6) is -0.294. The first-order valence-electron chi connectivity index (χ1n) is 8.17. The summed E-state index contributed by atoms with van der Waals surface area (Å²) in [6, 6.07) is 4.44. The lowest BCUT2D eigenvalue weighted by atomic mass is 10.0. The standard InChI is InChI=1S/C17H27FN2O3/c1-14-12-15(18)2-3-16(14)17(22)13-20(6-9-21)5-4-19-7-10-23-11-8-19/h2-3,12,17,21-22H,4-11,13H2,1H3. The van der Waals surface area contributed by atoms with E-state index in [1.807, 2.05) is 4.90 Å². The minimum absolute atomic E-state index is 0.0538. The lowest BCUT2D eigenvalue weighted by molar-refractivity contribution is 0.0283. The average molecular weight is 326 g/mol. The average Bonchev–Trinajstić information content (AvgIpc) is 2.53. The SMILES string of the molecule is Cc1cc(F)ccc1C(O)CN(CCO)CCN1CCOCC1. The van der Waals surface area contributed by atoms with Gasteiger partial charge in [0, 0.05) is 39.3 Å². The second kappa shape index (κ2) is 9.30. The monoisotopic (exact) mass is 326 g/mol. The topological polar surface area (TPSA) is 56.2 Å². The molecule has 1 heterocycles. The zero-order valence-corrected chi connectivity index (χ0v) is 13.7. The van der Waals surface area contributed by atoms with Crippen molar-refractivity contribution in [2.24, 2.45) is 0 Å². The molecule has 6 heteroatoms. The quantitative estimate of drug-likeness (QED) is 0.740. The number of hydrogen-bond donors (Lipinski definition) is 2. The number of hydrogen-bond acceptors (Lipinski definition) is 5. The molecule has 1 saturated heterocycles. The van der Waals surface area contributed by atoms with E-state index in [-0.39, 0.29) is 12.4 Å².